The van der Waals surface area contributed by atoms with Crippen molar-refractivity contribution in [1.29, 1.82) is 0 Å². The number of rotatable bonds is 6. The van der Waals surface area contributed by atoms with Gasteiger partial charge >= 0.3 is 0 Å². The smallest absolute Gasteiger partial charge is 0.123 e. The summed E-state index contributed by atoms with van der Waals surface area (Å²) in [6.45, 7) is 6.20. The van der Waals surface area contributed by atoms with E-state index in [4.69, 9.17) is 9.47 Å². The lowest BCUT2D eigenvalue weighted by Gasteiger charge is -2.35. The number of hydrogen-bond acceptors (Lipinski definition) is 4. The number of benzene rings is 2. The predicted molar refractivity (Wildman–Crippen MR) is 104 cm³/mol. The summed E-state index contributed by atoms with van der Waals surface area (Å²) >= 11 is 3.55. The van der Waals surface area contributed by atoms with Gasteiger partial charge in [0.25, 0.3) is 0 Å². The molecule has 0 unspecified atom stereocenters. The van der Waals surface area contributed by atoms with Crippen LogP contribution < -0.4 is 9.47 Å². The summed E-state index contributed by atoms with van der Waals surface area (Å²) in [4.78, 5) is 5.00. The Bertz CT molecular complexity index is 700. The average molecular weight is 405 g/mol. The van der Waals surface area contributed by atoms with Gasteiger partial charge in [0.15, 0.2) is 0 Å². The van der Waals surface area contributed by atoms with Crippen molar-refractivity contribution in [2.24, 2.45) is 0 Å². The third-order valence-corrected chi connectivity index (χ3v) is 5.13. The topological polar surface area (TPSA) is 24.9 Å². The van der Waals surface area contributed by atoms with E-state index in [1.807, 2.05) is 12.1 Å². The molecule has 1 heterocycles. The highest BCUT2D eigenvalue weighted by Gasteiger charge is 2.18. The van der Waals surface area contributed by atoms with E-state index < -0.39 is 0 Å². The van der Waals surface area contributed by atoms with Gasteiger partial charge in [-0.2, -0.15) is 0 Å². The van der Waals surface area contributed by atoms with Crippen molar-refractivity contribution in [3.8, 4) is 11.5 Å². The van der Waals surface area contributed by atoms with Gasteiger partial charge < -0.3 is 9.47 Å². The SMILES string of the molecule is COc1ccc(OC)c(CN2CCN(Cc3cccc(Br)c3)CC2)c1. The van der Waals surface area contributed by atoms with Crippen LogP contribution in [0.3, 0.4) is 0 Å². The summed E-state index contributed by atoms with van der Waals surface area (Å²) in [6, 6.07) is 14.6. The first-order valence-electron chi connectivity index (χ1n) is 8.58. The minimum Gasteiger partial charge on any atom is -0.497 e. The molecule has 0 aliphatic carbocycles. The number of halogens is 1. The summed E-state index contributed by atoms with van der Waals surface area (Å²) < 4.78 is 12.0. The summed E-state index contributed by atoms with van der Waals surface area (Å²) in [6.07, 6.45) is 0. The Morgan fingerprint density at radius 3 is 2.24 bits per heavy atom. The second-order valence-corrected chi connectivity index (χ2v) is 7.28. The molecule has 2 aromatic carbocycles. The average Bonchev–Trinajstić information content (AvgIpc) is 2.63. The molecule has 0 radical (unpaired) electrons. The maximum absolute atomic E-state index is 5.50. The Morgan fingerprint density at radius 2 is 1.60 bits per heavy atom. The van der Waals surface area contributed by atoms with E-state index in [2.05, 4.69) is 56.1 Å². The van der Waals surface area contributed by atoms with Crippen LogP contribution in [0.5, 0.6) is 11.5 Å². The summed E-state index contributed by atoms with van der Waals surface area (Å²) in [7, 11) is 3.42. The van der Waals surface area contributed by atoms with Crippen LogP contribution in [0, 0.1) is 0 Å². The van der Waals surface area contributed by atoms with Crippen LogP contribution in [-0.4, -0.2) is 50.2 Å². The van der Waals surface area contributed by atoms with Gasteiger partial charge in [-0.15, -0.1) is 0 Å². The molecular formula is C20H25BrN2O2. The second kappa shape index (κ2) is 8.70. The van der Waals surface area contributed by atoms with Crippen molar-refractivity contribution in [3.63, 3.8) is 0 Å². The lowest BCUT2D eigenvalue weighted by Crippen LogP contribution is -2.45. The molecule has 1 saturated heterocycles. The molecule has 0 spiro atoms. The molecular weight excluding hydrogens is 380 g/mol. The first kappa shape index (κ1) is 18.2. The van der Waals surface area contributed by atoms with Gasteiger partial charge in [0.1, 0.15) is 11.5 Å². The molecule has 0 amide bonds. The standard InChI is InChI=1S/C20H25BrN2O2/c1-24-19-6-7-20(25-2)17(13-19)15-23-10-8-22(9-11-23)14-16-4-3-5-18(21)12-16/h3-7,12-13H,8-11,14-15H2,1-2H3. The van der Waals surface area contributed by atoms with Crippen molar-refractivity contribution in [1.82, 2.24) is 9.80 Å². The van der Waals surface area contributed by atoms with Crippen molar-refractivity contribution in [2.45, 2.75) is 13.1 Å². The number of ether oxygens (including phenoxy) is 2. The molecule has 0 saturated carbocycles. The van der Waals surface area contributed by atoms with Crippen molar-refractivity contribution in [2.75, 3.05) is 40.4 Å². The second-order valence-electron chi connectivity index (χ2n) is 6.36. The molecule has 1 aliphatic rings. The summed E-state index contributed by atoms with van der Waals surface area (Å²) in [5.41, 5.74) is 2.54. The third-order valence-electron chi connectivity index (χ3n) is 4.64. The van der Waals surface area contributed by atoms with Crippen LogP contribution in [0.2, 0.25) is 0 Å². The zero-order chi connectivity index (χ0) is 17.6. The van der Waals surface area contributed by atoms with E-state index in [1.165, 1.54) is 11.1 Å². The molecule has 5 heteroatoms. The highest BCUT2D eigenvalue weighted by molar-refractivity contribution is 9.10. The molecule has 3 rings (SSSR count). The number of hydrogen-bond donors (Lipinski definition) is 0. The van der Waals surface area contributed by atoms with Crippen LogP contribution in [0.15, 0.2) is 46.9 Å². The Morgan fingerprint density at radius 1 is 0.880 bits per heavy atom. The van der Waals surface area contributed by atoms with Crippen LogP contribution in [-0.2, 0) is 13.1 Å². The molecule has 1 aliphatic heterocycles. The van der Waals surface area contributed by atoms with Gasteiger partial charge in [-0.05, 0) is 35.9 Å². The Kier molecular flexibility index (Phi) is 6.34. The van der Waals surface area contributed by atoms with E-state index >= 15 is 0 Å². The zero-order valence-electron chi connectivity index (χ0n) is 14.9. The molecule has 4 nitrogen and oxygen atoms in total. The Labute approximate surface area is 158 Å². The van der Waals surface area contributed by atoms with Crippen LogP contribution in [0.25, 0.3) is 0 Å². The van der Waals surface area contributed by atoms with Crippen molar-refractivity contribution >= 4 is 15.9 Å². The van der Waals surface area contributed by atoms with E-state index in [-0.39, 0.29) is 0 Å². The van der Waals surface area contributed by atoms with Crippen LogP contribution in [0.4, 0.5) is 0 Å². The normalized spacial score (nSPS) is 16.0. The quantitative estimate of drug-likeness (QED) is 0.730. The van der Waals surface area contributed by atoms with Crippen LogP contribution in [0.1, 0.15) is 11.1 Å². The minimum absolute atomic E-state index is 0.879. The molecule has 0 atom stereocenters. The fraction of sp³-hybridized carbons (Fsp3) is 0.400. The number of methoxy groups -OCH3 is 2. The zero-order valence-corrected chi connectivity index (χ0v) is 16.5. The van der Waals surface area contributed by atoms with Crippen LogP contribution >= 0.6 is 15.9 Å². The van der Waals surface area contributed by atoms with E-state index in [9.17, 15) is 0 Å². The lowest BCUT2D eigenvalue weighted by atomic mass is 10.1. The molecule has 25 heavy (non-hydrogen) atoms. The molecule has 0 bridgehead atoms. The van der Waals surface area contributed by atoms with Gasteiger partial charge in [-0.1, -0.05) is 28.1 Å². The molecule has 1 fully saturated rings. The fourth-order valence-electron chi connectivity index (χ4n) is 3.25. The van der Waals surface area contributed by atoms with E-state index in [0.717, 1.165) is 55.2 Å². The number of piperazine rings is 1. The maximum Gasteiger partial charge on any atom is 0.123 e. The Balaban J connectivity index is 1.56. The number of nitrogens with zero attached hydrogens (tertiary/aromatic N) is 2. The Hall–Kier alpha value is -1.56. The monoisotopic (exact) mass is 404 g/mol. The molecule has 0 aromatic heterocycles. The first-order chi connectivity index (χ1) is 12.2. The fourth-order valence-corrected chi connectivity index (χ4v) is 3.69. The maximum atomic E-state index is 5.50. The van der Waals surface area contributed by atoms with E-state index in [1.54, 1.807) is 14.2 Å². The highest BCUT2D eigenvalue weighted by atomic mass is 79.9. The first-order valence-corrected chi connectivity index (χ1v) is 9.37. The third kappa shape index (κ3) is 4.97. The van der Waals surface area contributed by atoms with Gasteiger partial charge in [-0.25, -0.2) is 0 Å². The van der Waals surface area contributed by atoms with Gasteiger partial charge in [0.05, 0.1) is 14.2 Å². The van der Waals surface area contributed by atoms with Gasteiger partial charge in [0.2, 0.25) is 0 Å². The molecule has 0 N–H and O–H groups in total. The largest absolute Gasteiger partial charge is 0.497 e. The molecule has 2 aromatic rings. The van der Waals surface area contributed by atoms with Gasteiger partial charge in [-0.3, -0.25) is 9.80 Å². The van der Waals surface area contributed by atoms with Crippen molar-refractivity contribution < 1.29 is 9.47 Å². The summed E-state index contributed by atoms with van der Waals surface area (Å²) in [5, 5.41) is 0. The predicted octanol–water partition coefficient (Wildman–Crippen LogP) is 3.78. The molecule has 134 valence electrons. The lowest BCUT2D eigenvalue weighted by molar-refractivity contribution is 0.121. The van der Waals surface area contributed by atoms with Crippen molar-refractivity contribution in [3.05, 3.63) is 58.1 Å². The minimum atomic E-state index is 0.879. The van der Waals surface area contributed by atoms with Gasteiger partial charge in [0, 0.05) is 49.3 Å². The summed E-state index contributed by atoms with van der Waals surface area (Å²) in [5.74, 6) is 1.81. The van der Waals surface area contributed by atoms with E-state index in [0.29, 0.717) is 0 Å². The highest BCUT2D eigenvalue weighted by Crippen LogP contribution is 2.25.